The third-order valence-electron chi connectivity index (χ3n) is 5.86. The van der Waals surface area contributed by atoms with Crippen molar-refractivity contribution in [1.82, 2.24) is 4.98 Å². The number of ketones is 1. The molecule has 1 atom stereocenters. The number of hydrogen-bond acceptors (Lipinski definition) is 7. The first-order valence-corrected chi connectivity index (χ1v) is 12.0. The molecule has 0 radical (unpaired) electrons. The summed E-state index contributed by atoms with van der Waals surface area (Å²) in [5, 5.41) is 11.5. The molecule has 5 rings (SSSR count). The summed E-state index contributed by atoms with van der Waals surface area (Å²) in [6, 6.07) is 16.4. The van der Waals surface area contributed by atoms with Gasteiger partial charge < -0.3 is 14.6 Å². The molecular weight excluding hydrogens is 483 g/mol. The fraction of sp³-hybridized carbons (Fsp3) is 0.148. The van der Waals surface area contributed by atoms with Crippen LogP contribution in [0.3, 0.4) is 0 Å². The number of anilines is 1. The highest BCUT2D eigenvalue weighted by atomic mass is 32.1. The second kappa shape index (κ2) is 9.43. The molecule has 9 heteroatoms. The normalized spacial score (nSPS) is 17.1. The van der Waals surface area contributed by atoms with Crippen LogP contribution in [0.4, 0.5) is 9.52 Å². The van der Waals surface area contributed by atoms with Gasteiger partial charge in [-0.2, -0.15) is 0 Å². The SMILES string of the molecule is CCOc1ccc2nc(N3C(=O)C(=O)C(=C(O)c4ccc(F)cc4)[C@H]3c3ccccc3OC)sc2c1. The van der Waals surface area contributed by atoms with Crippen LogP contribution in [-0.4, -0.2) is 35.5 Å². The number of thiazole rings is 1. The summed E-state index contributed by atoms with van der Waals surface area (Å²) in [5.41, 5.74) is 1.21. The Balaban J connectivity index is 1.72. The third-order valence-corrected chi connectivity index (χ3v) is 6.88. The van der Waals surface area contributed by atoms with Gasteiger partial charge in [0.15, 0.2) is 5.13 Å². The number of para-hydroxylation sites is 1. The fourth-order valence-electron chi connectivity index (χ4n) is 4.23. The number of carbonyl (C=O) groups excluding carboxylic acids is 2. The van der Waals surface area contributed by atoms with E-state index in [0.717, 1.165) is 4.70 Å². The topological polar surface area (TPSA) is 89.0 Å². The first kappa shape index (κ1) is 23.5. The van der Waals surface area contributed by atoms with Gasteiger partial charge in [-0.05, 0) is 55.5 Å². The Hall–Kier alpha value is -4.24. The van der Waals surface area contributed by atoms with E-state index in [1.165, 1.54) is 47.6 Å². The minimum absolute atomic E-state index is 0.134. The maximum atomic E-state index is 13.5. The summed E-state index contributed by atoms with van der Waals surface area (Å²) in [5.74, 6) is -1.51. The molecule has 0 bridgehead atoms. The van der Waals surface area contributed by atoms with Crippen LogP contribution in [0.2, 0.25) is 0 Å². The Kier molecular flexibility index (Phi) is 6.15. The average Bonchev–Trinajstić information content (AvgIpc) is 3.42. The van der Waals surface area contributed by atoms with Gasteiger partial charge in [0, 0.05) is 11.1 Å². The number of benzene rings is 3. The van der Waals surface area contributed by atoms with Crippen LogP contribution in [0, 0.1) is 5.82 Å². The maximum absolute atomic E-state index is 13.5. The number of amides is 1. The molecular formula is C27H21FN2O5S. The number of hydrogen-bond donors (Lipinski definition) is 1. The van der Waals surface area contributed by atoms with Crippen molar-refractivity contribution in [2.24, 2.45) is 0 Å². The van der Waals surface area contributed by atoms with E-state index in [1.54, 1.807) is 36.4 Å². The Morgan fingerprint density at radius 1 is 1.11 bits per heavy atom. The number of nitrogens with zero attached hydrogens (tertiary/aromatic N) is 2. The summed E-state index contributed by atoms with van der Waals surface area (Å²) in [6.07, 6.45) is 0. The van der Waals surface area contributed by atoms with Crippen LogP contribution >= 0.6 is 11.3 Å². The van der Waals surface area contributed by atoms with Crippen LogP contribution in [0.5, 0.6) is 11.5 Å². The largest absolute Gasteiger partial charge is 0.507 e. The zero-order valence-electron chi connectivity index (χ0n) is 19.4. The number of aliphatic hydroxyl groups is 1. The van der Waals surface area contributed by atoms with Crippen LogP contribution in [0.25, 0.3) is 16.0 Å². The van der Waals surface area contributed by atoms with E-state index in [9.17, 15) is 19.1 Å². The summed E-state index contributed by atoms with van der Waals surface area (Å²) in [4.78, 5) is 32.6. The molecule has 1 aliphatic heterocycles. The van der Waals surface area contributed by atoms with Crippen molar-refractivity contribution in [1.29, 1.82) is 0 Å². The van der Waals surface area contributed by atoms with Crippen molar-refractivity contribution < 1.29 is 28.6 Å². The second-order valence-corrected chi connectivity index (χ2v) is 8.99. The highest BCUT2D eigenvalue weighted by Crippen LogP contribution is 2.46. The van der Waals surface area contributed by atoms with Crippen LogP contribution in [-0.2, 0) is 9.59 Å². The molecule has 0 aliphatic carbocycles. The van der Waals surface area contributed by atoms with E-state index < -0.39 is 29.3 Å². The number of halogens is 1. The van der Waals surface area contributed by atoms with Gasteiger partial charge in [0.2, 0.25) is 0 Å². The number of aliphatic hydroxyl groups excluding tert-OH is 1. The molecule has 1 fully saturated rings. The molecule has 2 heterocycles. The maximum Gasteiger partial charge on any atom is 0.301 e. The Morgan fingerprint density at radius 3 is 2.58 bits per heavy atom. The van der Waals surface area contributed by atoms with E-state index >= 15 is 0 Å². The lowest BCUT2D eigenvalue weighted by atomic mass is 9.94. The summed E-state index contributed by atoms with van der Waals surface area (Å²) in [6.45, 7) is 2.39. The van der Waals surface area contributed by atoms with Gasteiger partial charge in [-0.3, -0.25) is 14.5 Å². The Labute approximate surface area is 210 Å². The molecule has 0 saturated carbocycles. The predicted octanol–water partition coefficient (Wildman–Crippen LogP) is 5.47. The standard InChI is InChI=1S/C27H21FN2O5S/c1-3-35-17-12-13-19-21(14-17)36-27(29-19)30-23(18-6-4-5-7-20(18)34-2)22(25(32)26(30)33)24(31)15-8-10-16(28)11-9-15/h4-14,23,31H,3H2,1-2H3/t23-/m1/s1. The van der Waals surface area contributed by atoms with E-state index in [2.05, 4.69) is 4.98 Å². The third kappa shape index (κ3) is 3.97. The smallest absolute Gasteiger partial charge is 0.301 e. The zero-order chi connectivity index (χ0) is 25.4. The molecule has 4 aromatic rings. The van der Waals surface area contributed by atoms with Crippen molar-refractivity contribution in [2.75, 3.05) is 18.6 Å². The molecule has 1 aromatic heterocycles. The van der Waals surface area contributed by atoms with Gasteiger partial charge in [0.1, 0.15) is 29.1 Å². The van der Waals surface area contributed by atoms with Crippen molar-refractivity contribution in [3.63, 3.8) is 0 Å². The summed E-state index contributed by atoms with van der Waals surface area (Å²) in [7, 11) is 1.48. The molecule has 3 aromatic carbocycles. The van der Waals surface area contributed by atoms with Gasteiger partial charge >= 0.3 is 5.91 Å². The average molecular weight is 505 g/mol. The van der Waals surface area contributed by atoms with Crippen molar-refractivity contribution >= 4 is 44.1 Å². The minimum Gasteiger partial charge on any atom is -0.507 e. The van der Waals surface area contributed by atoms with Crippen molar-refractivity contribution in [2.45, 2.75) is 13.0 Å². The van der Waals surface area contributed by atoms with Gasteiger partial charge in [-0.1, -0.05) is 29.5 Å². The number of rotatable bonds is 6. The molecule has 1 aliphatic rings. The monoisotopic (exact) mass is 504 g/mol. The quantitative estimate of drug-likeness (QED) is 0.213. The van der Waals surface area contributed by atoms with Gasteiger partial charge in [0.25, 0.3) is 5.78 Å². The van der Waals surface area contributed by atoms with Crippen molar-refractivity contribution in [3.05, 3.63) is 89.2 Å². The second-order valence-electron chi connectivity index (χ2n) is 7.98. The van der Waals surface area contributed by atoms with Crippen molar-refractivity contribution in [3.8, 4) is 11.5 Å². The molecule has 36 heavy (non-hydrogen) atoms. The summed E-state index contributed by atoms with van der Waals surface area (Å²) < 4.78 is 25.4. The van der Waals surface area contributed by atoms with E-state index in [0.29, 0.717) is 29.2 Å². The Bertz CT molecular complexity index is 1510. The number of fused-ring (bicyclic) bond motifs is 1. The van der Waals surface area contributed by atoms with Crippen LogP contribution in [0.1, 0.15) is 24.1 Å². The fourth-order valence-corrected chi connectivity index (χ4v) is 5.25. The number of ether oxygens (including phenoxy) is 2. The van der Waals surface area contributed by atoms with E-state index in [4.69, 9.17) is 9.47 Å². The first-order valence-electron chi connectivity index (χ1n) is 11.2. The van der Waals surface area contributed by atoms with Crippen LogP contribution < -0.4 is 14.4 Å². The lowest BCUT2D eigenvalue weighted by Gasteiger charge is -2.24. The molecule has 0 unspecified atom stereocenters. The highest BCUT2D eigenvalue weighted by Gasteiger charge is 2.49. The molecule has 7 nitrogen and oxygen atoms in total. The number of carbonyl (C=O) groups is 2. The van der Waals surface area contributed by atoms with Crippen LogP contribution in [0.15, 0.2) is 72.3 Å². The lowest BCUT2D eigenvalue weighted by Crippen LogP contribution is -2.29. The molecule has 1 amide bonds. The highest BCUT2D eigenvalue weighted by molar-refractivity contribution is 7.22. The van der Waals surface area contributed by atoms with Gasteiger partial charge in [0.05, 0.1) is 29.5 Å². The number of aromatic nitrogens is 1. The molecule has 1 N–H and O–H groups in total. The zero-order valence-corrected chi connectivity index (χ0v) is 20.2. The molecule has 182 valence electrons. The predicted molar refractivity (Wildman–Crippen MR) is 135 cm³/mol. The summed E-state index contributed by atoms with van der Waals surface area (Å²) >= 11 is 1.23. The molecule has 1 saturated heterocycles. The number of Topliss-reactive ketones (excluding diaryl/α,β-unsaturated/α-hetero) is 1. The van der Waals surface area contributed by atoms with Gasteiger partial charge in [-0.15, -0.1) is 0 Å². The lowest BCUT2D eigenvalue weighted by molar-refractivity contribution is -0.132. The number of methoxy groups -OCH3 is 1. The first-order chi connectivity index (χ1) is 17.4. The van der Waals surface area contributed by atoms with E-state index in [1.807, 2.05) is 13.0 Å². The van der Waals surface area contributed by atoms with E-state index in [-0.39, 0.29) is 16.3 Å². The molecule has 0 spiro atoms. The minimum atomic E-state index is -1.02. The Morgan fingerprint density at radius 2 is 1.86 bits per heavy atom. The van der Waals surface area contributed by atoms with Gasteiger partial charge in [-0.25, -0.2) is 9.37 Å².